The predicted octanol–water partition coefficient (Wildman–Crippen LogP) is 3.74. The second kappa shape index (κ2) is 5.99. The van der Waals surface area contributed by atoms with Crippen LogP contribution in [0.25, 0.3) is 0 Å². The Labute approximate surface area is 99.1 Å². The minimum atomic E-state index is 0.165. The van der Waals surface area contributed by atoms with E-state index in [0.717, 1.165) is 0 Å². The second-order valence-electron chi connectivity index (χ2n) is 3.04. The summed E-state index contributed by atoms with van der Waals surface area (Å²) in [5.41, 5.74) is 0. The van der Waals surface area contributed by atoms with Gasteiger partial charge in [0.1, 0.15) is 5.78 Å². The van der Waals surface area contributed by atoms with Crippen molar-refractivity contribution in [2.45, 2.75) is 19.8 Å². The van der Waals surface area contributed by atoms with E-state index in [0.29, 0.717) is 35.2 Å². The lowest BCUT2D eigenvalue weighted by molar-refractivity contribution is -0.119. The van der Waals surface area contributed by atoms with Crippen molar-refractivity contribution in [1.82, 2.24) is 0 Å². The molecule has 0 saturated heterocycles. The van der Waals surface area contributed by atoms with Crippen LogP contribution in [-0.2, 0) is 4.79 Å². The first-order valence-electron chi connectivity index (χ1n) is 4.73. The quantitative estimate of drug-likeness (QED) is 0.792. The molecule has 4 heteroatoms. The zero-order chi connectivity index (χ0) is 11.3. The Morgan fingerprint density at radius 1 is 1.33 bits per heavy atom. The zero-order valence-electron chi connectivity index (χ0n) is 8.43. The summed E-state index contributed by atoms with van der Waals surface area (Å²) in [6, 6.07) is 5.14. The normalized spacial score (nSPS) is 10.1. The number of carbonyl (C=O) groups excluding carboxylic acids is 1. The van der Waals surface area contributed by atoms with Gasteiger partial charge in [-0.25, -0.2) is 0 Å². The molecule has 0 aromatic heterocycles. The van der Waals surface area contributed by atoms with Gasteiger partial charge in [-0.1, -0.05) is 36.2 Å². The Hall–Kier alpha value is -0.730. The Morgan fingerprint density at radius 2 is 1.93 bits per heavy atom. The third-order valence-corrected chi connectivity index (χ3v) is 2.54. The summed E-state index contributed by atoms with van der Waals surface area (Å²) in [5, 5.41) is 0.929. The highest BCUT2D eigenvalue weighted by Crippen LogP contribution is 2.32. The van der Waals surface area contributed by atoms with E-state index in [4.69, 9.17) is 27.9 Å². The summed E-state index contributed by atoms with van der Waals surface area (Å²) >= 11 is 11.8. The molecule has 0 bridgehead atoms. The minimum Gasteiger partial charge on any atom is -0.490 e. The number of ether oxygens (including phenoxy) is 1. The van der Waals surface area contributed by atoms with E-state index in [1.54, 1.807) is 18.2 Å². The average molecular weight is 247 g/mol. The number of benzene rings is 1. The molecule has 1 rings (SSSR count). The van der Waals surface area contributed by atoms with E-state index in [1.165, 1.54) is 0 Å². The molecule has 0 aliphatic carbocycles. The van der Waals surface area contributed by atoms with Crippen molar-refractivity contribution in [3.63, 3.8) is 0 Å². The third-order valence-electron chi connectivity index (χ3n) is 1.94. The summed E-state index contributed by atoms with van der Waals surface area (Å²) in [7, 11) is 0. The van der Waals surface area contributed by atoms with Gasteiger partial charge in [-0.3, -0.25) is 4.79 Å². The molecule has 0 saturated carbocycles. The number of para-hydroxylation sites is 1. The van der Waals surface area contributed by atoms with Gasteiger partial charge in [-0.05, 0) is 12.1 Å². The lowest BCUT2D eigenvalue weighted by Crippen LogP contribution is -2.05. The van der Waals surface area contributed by atoms with Crippen LogP contribution in [0.15, 0.2) is 18.2 Å². The minimum absolute atomic E-state index is 0.165. The monoisotopic (exact) mass is 246 g/mol. The smallest absolute Gasteiger partial charge is 0.156 e. The number of Topliss-reactive ketones (excluding diaryl/α,β-unsaturated/α-hetero) is 1. The van der Waals surface area contributed by atoms with E-state index in [9.17, 15) is 4.79 Å². The van der Waals surface area contributed by atoms with Crippen LogP contribution in [0, 0.1) is 0 Å². The lowest BCUT2D eigenvalue weighted by atomic mass is 10.2. The van der Waals surface area contributed by atoms with Gasteiger partial charge >= 0.3 is 0 Å². The Bertz CT molecular complexity index is 330. The highest BCUT2D eigenvalue weighted by Gasteiger charge is 2.07. The molecule has 0 amide bonds. The molecule has 0 fully saturated rings. The molecule has 0 heterocycles. The molecular formula is C11H12Cl2O2. The van der Waals surface area contributed by atoms with E-state index < -0.39 is 0 Å². The maximum absolute atomic E-state index is 11.0. The number of ketones is 1. The van der Waals surface area contributed by atoms with Crippen LogP contribution in [0.1, 0.15) is 19.8 Å². The van der Waals surface area contributed by atoms with Crippen LogP contribution in [0.3, 0.4) is 0 Å². The van der Waals surface area contributed by atoms with E-state index in [2.05, 4.69) is 0 Å². The molecule has 0 aliphatic heterocycles. The van der Waals surface area contributed by atoms with Crippen molar-refractivity contribution in [2.24, 2.45) is 0 Å². The van der Waals surface area contributed by atoms with Gasteiger partial charge in [0.05, 0.1) is 16.7 Å². The van der Waals surface area contributed by atoms with Gasteiger partial charge < -0.3 is 4.74 Å². The van der Waals surface area contributed by atoms with E-state index in [-0.39, 0.29) is 5.78 Å². The zero-order valence-corrected chi connectivity index (χ0v) is 9.94. The maximum atomic E-state index is 11.0. The molecule has 2 nitrogen and oxygen atoms in total. The van der Waals surface area contributed by atoms with E-state index >= 15 is 0 Å². The molecule has 82 valence electrons. The van der Waals surface area contributed by atoms with Crippen LogP contribution in [0.2, 0.25) is 10.0 Å². The van der Waals surface area contributed by atoms with Crippen molar-refractivity contribution in [1.29, 1.82) is 0 Å². The SMILES string of the molecule is CCC(=O)CCOc1c(Cl)cccc1Cl. The number of hydrogen-bond donors (Lipinski definition) is 0. The topological polar surface area (TPSA) is 26.3 Å². The average Bonchev–Trinajstić information content (AvgIpc) is 2.22. The number of rotatable bonds is 5. The van der Waals surface area contributed by atoms with Gasteiger partial charge in [0.15, 0.2) is 5.75 Å². The Balaban J connectivity index is 2.54. The predicted molar refractivity (Wildman–Crippen MR) is 61.9 cm³/mol. The molecule has 0 aliphatic rings. The number of halogens is 2. The third kappa shape index (κ3) is 3.73. The highest BCUT2D eigenvalue weighted by atomic mass is 35.5. The van der Waals surface area contributed by atoms with Gasteiger partial charge in [0.25, 0.3) is 0 Å². The Morgan fingerprint density at radius 3 is 2.47 bits per heavy atom. The molecular weight excluding hydrogens is 235 g/mol. The van der Waals surface area contributed by atoms with Crippen molar-refractivity contribution in [2.75, 3.05) is 6.61 Å². The van der Waals surface area contributed by atoms with Gasteiger partial charge in [0.2, 0.25) is 0 Å². The first kappa shape index (κ1) is 12.3. The molecule has 0 atom stereocenters. The lowest BCUT2D eigenvalue weighted by Gasteiger charge is -2.08. The summed E-state index contributed by atoms with van der Waals surface area (Å²) in [5.74, 6) is 0.614. The van der Waals surface area contributed by atoms with E-state index in [1.807, 2.05) is 6.92 Å². The first-order chi connectivity index (χ1) is 7.15. The molecule has 0 N–H and O–H groups in total. The molecule has 0 radical (unpaired) electrons. The Kier molecular flexibility index (Phi) is 4.92. The maximum Gasteiger partial charge on any atom is 0.156 e. The van der Waals surface area contributed by atoms with Crippen molar-refractivity contribution in [3.05, 3.63) is 28.2 Å². The largest absolute Gasteiger partial charge is 0.490 e. The van der Waals surface area contributed by atoms with Crippen LogP contribution in [-0.4, -0.2) is 12.4 Å². The second-order valence-corrected chi connectivity index (χ2v) is 3.86. The molecule has 1 aromatic carbocycles. The standard InChI is InChI=1S/C11H12Cl2O2/c1-2-8(14)6-7-15-11-9(12)4-3-5-10(11)13/h3-5H,2,6-7H2,1H3. The molecule has 0 spiro atoms. The fraction of sp³-hybridized carbons (Fsp3) is 0.364. The molecule has 15 heavy (non-hydrogen) atoms. The van der Waals surface area contributed by atoms with Crippen LogP contribution < -0.4 is 4.74 Å². The fourth-order valence-electron chi connectivity index (χ4n) is 1.06. The summed E-state index contributed by atoms with van der Waals surface area (Å²) < 4.78 is 5.36. The van der Waals surface area contributed by atoms with Crippen LogP contribution in [0.4, 0.5) is 0 Å². The summed E-state index contributed by atoms with van der Waals surface area (Å²) in [6.07, 6.45) is 0.914. The van der Waals surface area contributed by atoms with Crippen molar-refractivity contribution >= 4 is 29.0 Å². The van der Waals surface area contributed by atoms with Gasteiger partial charge in [-0.2, -0.15) is 0 Å². The van der Waals surface area contributed by atoms with Crippen molar-refractivity contribution < 1.29 is 9.53 Å². The van der Waals surface area contributed by atoms with Crippen LogP contribution >= 0.6 is 23.2 Å². The number of carbonyl (C=O) groups is 1. The molecule has 1 aromatic rings. The summed E-state index contributed by atoms with van der Waals surface area (Å²) in [4.78, 5) is 11.0. The summed E-state index contributed by atoms with van der Waals surface area (Å²) in [6.45, 7) is 2.14. The van der Waals surface area contributed by atoms with Gasteiger partial charge in [0, 0.05) is 12.8 Å². The number of hydrogen-bond acceptors (Lipinski definition) is 2. The fourth-order valence-corrected chi connectivity index (χ4v) is 1.57. The first-order valence-corrected chi connectivity index (χ1v) is 5.49. The van der Waals surface area contributed by atoms with Crippen LogP contribution in [0.5, 0.6) is 5.75 Å². The molecule has 0 unspecified atom stereocenters. The van der Waals surface area contributed by atoms with Gasteiger partial charge in [-0.15, -0.1) is 0 Å². The van der Waals surface area contributed by atoms with Crippen molar-refractivity contribution in [3.8, 4) is 5.75 Å². The highest BCUT2D eigenvalue weighted by molar-refractivity contribution is 6.37.